The fraction of sp³-hybridized carbons (Fsp3) is 0.316. The molecule has 2 aromatic rings. The first-order chi connectivity index (χ1) is 12.3. The average molecular weight is 376 g/mol. The molecule has 0 atom stereocenters. The third-order valence-electron chi connectivity index (χ3n) is 4.39. The number of rotatable bonds is 7. The average Bonchev–Trinajstić information content (AvgIpc) is 3.44. The van der Waals surface area contributed by atoms with E-state index < -0.39 is 16.1 Å². The maximum absolute atomic E-state index is 12.4. The highest BCUT2D eigenvalue weighted by Gasteiger charge is 2.32. The zero-order chi connectivity index (χ0) is 18.9. The highest BCUT2D eigenvalue weighted by atomic mass is 32.2. The van der Waals surface area contributed by atoms with Crippen LogP contribution in [0.1, 0.15) is 45.8 Å². The second kappa shape index (κ2) is 7.09. The van der Waals surface area contributed by atoms with Gasteiger partial charge in [-0.25, -0.2) is 4.79 Å². The summed E-state index contributed by atoms with van der Waals surface area (Å²) in [5.74, 6) is -0.623. The van der Waals surface area contributed by atoms with Crippen LogP contribution in [-0.2, 0) is 20.9 Å². The van der Waals surface area contributed by atoms with Crippen molar-refractivity contribution in [2.24, 2.45) is 0 Å². The van der Waals surface area contributed by atoms with E-state index in [2.05, 4.69) is 0 Å². The molecule has 0 unspecified atom stereocenters. The summed E-state index contributed by atoms with van der Waals surface area (Å²) >= 11 is 0. The minimum absolute atomic E-state index is 0.0690. The van der Waals surface area contributed by atoms with Crippen molar-refractivity contribution in [1.82, 2.24) is 0 Å². The number of aromatic carboxylic acids is 1. The van der Waals surface area contributed by atoms with Crippen molar-refractivity contribution in [2.75, 3.05) is 7.11 Å². The Labute approximate surface area is 152 Å². The lowest BCUT2D eigenvalue weighted by Gasteiger charge is -2.16. The van der Waals surface area contributed by atoms with E-state index in [0.717, 1.165) is 24.0 Å². The predicted molar refractivity (Wildman–Crippen MR) is 95.1 cm³/mol. The van der Waals surface area contributed by atoms with E-state index in [4.69, 9.17) is 8.92 Å². The standard InChI is InChI=1S/C19H20O6S/c1-12-3-8-15(9-4-12)26(22,23)25-11-14-7-10-16(19(20)21)18(24-2)17(14)13-5-6-13/h3-4,7-10,13H,5-6,11H2,1-2H3,(H,20,21). The summed E-state index contributed by atoms with van der Waals surface area (Å²) in [4.78, 5) is 11.5. The van der Waals surface area contributed by atoms with Crippen molar-refractivity contribution in [2.45, 2.75) is 37.2 Å². The van der Waals surface area contributed by atoms with Crippen molar-refractivity contribution in [3.8, 4) is 5.75 Å². The first kappa shape index (κ1) is 18.4. The molecule has 6 nitrogen and oxygen atoms in total. The molecule has 1 aliphatic carbocycles. The molecule has 7 heteroatoms. The smallest absolute Gasteiger partial charge is 0.339 e. The number of carboxylic acid groups (broad SMARTS) is 1. The normalized spacial score (nSPS) is 14.2. The van der Waals surface area contributed by atoms with Crippen molar-refractivity contribution in [3.05, 3.63) is 58.7 Å². The van der Waals surface area contributed by atoms with Gasteiger partial charge in [0.15, 0.2) is 0 Å². The summed E-state index contributed by atoms with van der Waals surface area (Å²) in [6.45, 7) is 1.70. The van der Waals surface area contributed by atoms with Crippen molar-refractivity contribution >= 4 is 16.1 Å². The molecule has 26 heavy (non-hydrogen) atoms. The third-order valence-corrected chi connectivity index (χ3v) is 5.66. The van der Waals surface area contributed by atoms with E-state index in [1.165, 1.54) is 25.3 Å². The molecule has 0 amide bonds. The van der Waals surface area contributed by atoms with Crippen LogP contribution in [-0.4, -0.2) is 26.6 Å². The lowest BCUT2D eigenvalue weighted by Crippen LogP contribution is -2.10. The van der Waals surface area contributed by atoms with Gasteiger partial charge in [0.1, 0.15) is 11.3 Å². The molecule has 0 aliphatic heterocycles. The number of methoxy groups -OCH3 is 1. The molecule has 138 valence electrons. The number of ether oxygens (including phenoxy) is 1. The largest absolute Gasteiger partial charge is 0.496 e. The van der Waals surface area contributed by atoms with Gasteiger partial charge >= 0.3 is 5.97 Å². The second-order valence-electron chi connectivity index (χ2n) is 6.33. The van der Waals surface area contributed by atoms with Crippen molar-refractivity contribution < 1.29 is 27.2 Å². The molecule has 0 spiro atoms. The van der Waals surface area contributed by atoms with Crippen LogP contribution in [0.4, 0.5) is 0 Å². The topological polar surface area (TPSA) is 89.9 Å². The molecule has 1 aliphatic rings. The van der Waals surface area contributed by atoms with E-state index in [-0.39, 0.29) is 28.7 Å². The van der Waals surface area contributed by atoms with E-state index >= 15 is 0 Å². The molecule has 0 heterocycles. The minimum atomic E-state index is -3.90. The molecule has 3 rings (SSSR count). The Morgan fingerprint density at radius 2 is 1.81 bits per heavy atom. The Balaban J connectivity index is 1.90. The summed E-state index contributed by atoms with van der Waals surface area (Å²) in [7, 11) is -2.48. The van der Waals surface area contributed by atoms with Gasteiger partial charge in [0, 0.05) is 5.56 Å². The van der Waals surface area contributed by atoms with Crippen LogP contribution in [0.3, 0.4) is 0 Å². The molecule has 1 N–H and O–H groups in total. The van der Waals surface area contributed by atoms with Crippen LogP contribution in [0.15, 0.2) is 41.3 Å². The molecule has 2 aromatic carbocycles. The highest BCUT2D eigenvalue weighted by molar-refractivity contribution is 7.86. The van der Waals surface area contributed by atoms with Gasteiger partial charge in [-0.1, -0.05) is 23.8 Å². The maximum Gasteiger partial charge on any atom is 0.339 e. The van der Waals surface area contributed by atoms with Gasteiger partial charge in [-0.3, -0.25) is 4.18 Å². The van der Waals surface area contributed by atoms with Crippen LogP contribution in [0.5, 0.6) is 5.75 Å². The second-order valence-corrected chi connectivity index (χ2v) is 7.94. The zero-order valence-electron chi connectivity index (χ0n) is 14.6. The van der Waals surface area contributed by atoms with Crippen LogP contribution in [0.2, 0.25) is 0 Å². The molecule has 0 saturated heterocycles. The Morgan fingerprint density at radius 1 is 1.15 bits per heavy atom. The summed E-state index contributed by atoms with van der Waals surface area (Å²) in [6, 6.07) is 9.43. The number of hydrogen-bond donors (Lipinski definition) is 1. The van der Waals surface area contributed by atoms with E-state index in [1.54, 1.807) is 18.2 Å². The predicted octanol–water partition coefficient (Wildman–Crippen LogP) is 3.48. The zero-order valence-corrected chi connectivity index (χ0v) is 15.4. The first-order valence-corrected chi connectivity index (χ1v) is 9.63. The van der Waals surface area contributed by atoms with E-state index in [0.29, 0.717) is 5.56 Å². The van der Waals surface area contributed by atoms with Gasteiger partial charge in [0.2, 0.25) is 0 Å². The van der Waals surface area contributed by atoms with Gasteiger partial charge in [-0.15, -0.1) is 0 Å². The molecule has 0 aromatic heterocycles. The maximum atomic E-state index is 12.4. The number of aryl methyl sites for hydroxylation is 1. The lowest BCUT2D eigenvalue weighted by atomic mass is 9.98. The monoisotopic (exact) mass is 376 g/mol. The van der Waals surface area contributed by atoms with Crippen LogP contribution in [0.25, 0.3) is 0 Å². The Hall–Kier alpha value is -2.38. The fourth-order valence-electron chi connectivity index (χ4n) is 2.89. The third kappa shape index (κ3) is 3.73. The molecule has 0 bridgehead atoms. The van der Waals surface area contributed by atoms with Gasteiger partial charge in [-0.2, -0.15) is 8.42 Å². The fourth-order valence-corrected chi connectivity index (χ4v) is 3.78. The van der Waals surface area contributed by atoms with Gasteiger partial charge in [0.05, 0.1) is 18.6 Å². The van der Waals surface area contributed by atoms with E-state index in [1.807, 2.05) is 6.92 Å². The molecule has 1 fully saturated rings. The number of benzene rings is 2. The number of carboxylic acids is 1. The van der Waals surface area contributed by atoms with Gasteiger partial charge < -0.3 is 9.84 Å². The van der Waals surface area contributed by atoms with Crippen molar-refractivity contribution in [1.29, 1.82) is 0 Å². The summed E-state index contributed by atoms with van der Waals surface area (Å²) in [5.41, 5.74) is 2.38. The minimum Gasteiger partial charge on any atom is -0.496 e. The molecular weight excluding hydrogens is 356 g/mol. The quantitative estimate of drug-likeness (QED) is 0.744. The first-order valence-electron chi connectivity index (χ1n) is 8.22. The Kier molecular flexibility index (Phi) is 5.02. The number of carbonyl (C=O) groups is 1. The number of hydrogen-bond acceptors (Lipinski definition) is 5. The van der Waals surface area contributed by atoms with E-state index in [9.17, 15) is 18.3 Å². The Morgan fingerprint density at radius 3 is 2.35 bits per heavy atom. The van der Waals surface area contributed by atoms with Crippen molar-refractivity contribution in [3.63, 3.8) is 0 Å². The van der Waals surface area contributed by atoms with Crippen LogP contribution >= 0.6 is 0 Å². The van der Waals surface area contributed by atoms with Gasteiger partial charge in [-0.05, 0) is 49.4 Å². The summed E-state index contributed by atoms with van der Waals surface area (Å²) < 4.78 is 35.3. The van der Waals surface area contributed by atoms with Crippen LogP contribution < -0.4 is 4.74 Å². The van der Waals surface area contributed by atoms with Gasteiger partial charge in [0.25, 0.3) is 10.1 Å². The Bertz CT molecular complexity index is 927. The SMILES string of the molecule is COc1c(C(=O)O)ccc(COS(=O)(=O)c2ccc(C)cc2)c1C1CC1. The van der Waals surface area contributed by atoms with Crippen LogP contribution in [0, 0.1) is 6.92 Å². The molecule has 0 radical (unpaired) electrons. The molecule has 1 saturated carbocycles. The molecular formula is C19H20O6S. The lowest BCUT2D eigenvalue weighted by molar-refractivity contribution is 0.0693. The summed E-state index contributed by atoms with van der Waals surface area (Å²) in [6.07, 6.45) is 1.83. The summed E-state index contributed by atoms with van der Waals surface area (Å²) in [5, 5.41) is 9.34. The highest BCUT2D eigenvalue weighted by Crippen LogP contribution is 2.47.